The van der Waals surface area contributed by atoms with Crippen molar-refractivity contribution in [3.8, 4) is 6.07 Å². The molecule has 0 aromatic heterocycles. The van der Waals surface area contributed by atoms with Gasteiger partial charge in [-0.3, -0.25) is 0 Å². The van der Waals surface area contributed by atoms with Crippen molar-refractivity contribution >= 4 is 37.9 Å². The van der Waals surface area contributed by atoms with Gasteiger partial charge in [-0.25, -0.2) is 0 Å². The Morgan fingerprint density at radius 3 is 0.800 bits per heavy atom. The molecule has 0 amide bonds. The first kappa shape index (κ1) is 59.2. The van der Waals surface area contributed by atoms with E-state index in [0.29, 0.717) is 11.3 Å². The molecule has 75 heavy (non-hydrogen) atoms. The number of hydrogen-bond acceptors (Lipinski definition) is 2. The second kappa shape index (κ2) is 20.1. The zero-order valence-electron chi connectivity index (χ0n) is 36.7. The first-order valence-electron chi connectivity index (χ1n) is 20.2. The minimum Gasteiger partial charge on any atom is -0.194 e. The van der Waals surface area contributed by atoms with Crippen LogP contribution in [-0.4, -0.2) is 12.4 Å². The highest BCUT2D eigenvalue weighted by atomic mass is 32.2. The van der Waals surface area contributed by atoms with Gasteiger partial charge in [0, 0.05) is 5.56 Å². The fourth-order valence-electron chi connectivity index (χ4n) is 7.86. The van der Waals surface area contributed by atoms with Crippen molar-refractivity contribution in [2.75, 3.05) is 6.26 Å². The molecule has 0 aliphatic rings. The normalized spacial score (nSPS) is 14.1. The summed E-state index contributed by atoms with van der Waals surface area (Å²) >= 11 is 0. The molecule has 0 aliphatic carbocycles. The molecule has 0 saturated carbocycles. The molecule has 0 spiro atoms. The number of rotatable bonds is 7. The first-order chi connectivity index (χ1) is 33.9. The van der Waals surface area contributed by atoms with Gasteiger partial charge in [0.05, 0.1) is 56.1 Å². The second-order valence-electron chi connectivity index (χ2n) is 16.5. The summed E-state index contributed by atoms with van der Waals surface area (Å²) in [5.41, 5.74) is -28.6. The van der Waals surface area contributed by atoms with Crippen LogP contribution >= 0.6 is 0 Å². The van der Waals surface area contributed by atoms with Gasteiger partial charge in [-0.2, -0.15) is 132 Å². The predicted molar refractivity (Wildman–Crippen MR) is 224 cm³/mol. The molecule has 0 heterocycles. The van der Waals surface area contributed by atoms with Crippen molar-refractivity contribution < 1.29 is 110 Å². The number of halogens is 24. The van der Waals surface area contributed by atoms with Crippen molar-refractivity contribution in [3.05, 3.63) is 183 Å². The summed E-state index contributed by atoms with van der Waals surface area (Å²) < 4.78 is 353. The fourth-order valence-corrected chi connectivity index (χ4v) is 9.58. The van der Waals surface area contributed by atoms with E-state index in [-0.39, 0.29) is 0 Å². The molecule has 28 heteroatoms. The molecule has 0 saturated heterocycles. The third-order valence-corrected chi connectivity index (χ3v) is 13.4. The smallest absolute Gasteiger partial charge is 0.194 e. The second-order valence-corrected chi connectivity index (χ2v) is 19.3. The summed E-state index contributed by atoms with van der Waals surface area (Å²) in [6, 6.07) is 10.0. The van der Waals surface area contributed by atoms with E-state index in [2.05, 4.69) is 6.07 Å². The summed E-state index contributed by atoms with van der Waals surface area (Å²) in [4.78, 5) is 0.870. The number of alkyl halides is 24. The molecule has 0 N–H and O–H groups in total. The Balaban J connectivity index is 0.000000483. The highest BCUT2D eigenvalue weighted by molar-refractivity contribution is 8.01. The lowest BCUT2D eigenvalue weighted by Gasteiger charge is -2.46. The van der Waals surface area contributed by atoms with Crippen LogP contribution in [0, 0.1) is 11.3 Å². The average molecular weight is 1120 g/mol. The van der Waals surface area contributed by atoms with Gasteiger partial charge in [-0.05, 0) is 48.5 Å². The van der Waals surface area contributed by atoms with Crippen molar-refractivity contribution in [1.29, 1.82) is 5.26 Å². The van der Waals surface area contributed by atoms with Crippen molar-refractivity contribution in [2.24, 2.45) is 0 Å². The molecule has 6 aromatic rings. The van der Waals surface area contributed by atoms with Gasteiger partial charge < -0.3 is 0 Å². The first-order valence-corrected chi connectivity index (χ1v) is 22.4. The quantitative estimate of drug-likeness (QED) is 0.0908. The highest BCUT2D eigenvalue weighted by Crippen LogP contribution is 2.41. The summed E-state index contributed by atoms with van der Waals surface area (Å²) in [6.45, 7) is 0. The molecule has 0 fully saturated rings. The molecule has 6 aromatic carbocycles. The molecule has 2 nitrogen and oxygen atoms in total. The summed E-state index contributed by atoms with van der Waals surface area (Å²) in [5.74, 6) is 0.503. The van der Waals surface area contributed by atoms with Crippen LogP contribution in [0.4, 0.5) is 105 Å². The molecule has 402 valence electrons. The van der Waals surface area contributed by atoms with Gasteiger partial charge in [0.2, 0.25) is 0 Å². The van der Waals surface area contributed by atoms with Crippen molar-refractivity contribution in [2.45, 2.75) is 60.1 Å². The third kappa shape index (κ3) is 13.8. The van der Waals surface area contributed by atoms with Gasteiger partial charge in [0.25, 0.3) is 0 Å². The number of benzene rings is 6. The van der Waals surface area contributed by atoms with Crippen LogP contribution < -0.4 is 21.9 Å². The van der Waals surface area contributed by atoms with Gasteiger partial charge in [-0.15, -0.1) is 0 Å². The maximum atomic E-state index is 14.2. The molecule has 0 aliphatic heterocycles. The standard InChI is InChI=1S/C32H12BF24.C15H14NOS/c34-25(35,36)13-1-14(26(37,38)39)6-21(5-13)33(22-7-15(27(40,41)42)2-16(8-22)28(43,44)45,23-9-17(29(46,47)48)3-18(10-23)30(49,50)51)24-11-19(31(52,53)54)4-20(12-24)32(55,56)57;1-18(17,15-5-3-2-4-6-15)12-14-9-7-13(11-16)8-10-14/h1-12H;2-10H,12H2,1H3/q-1;+1. The van der Waals surface area contributed by atoms with Gasteiger partial charge >= 0.3 is 49.4 Å². The number of nitriles is 1. The predicted octanol–water partition coefficient (Wildman–Crippen LogP) is 14.5. The Labute approximate surface area is 407 Å². The van der Waals surface area contributed by atoms with E-state index in [1.54, 1.807) is 18.4 Å². The van der Waals surface area contributed by atoms with E-state index >= 15 is 0 Å². The van der Waals surface area contributed by atoms with Gasteiger partial charge in [-0.1, -0.05) is 83.1 Å². The van der Waals surface area contributed by atoms with E-state index in [1.807, 2.05) is 42.5 Å². The number of nitrogens with zero attached hydrogens (tertiary/aromatic N) is 1. The lowest BCUT2D eigenvalue weighted by Crippen LogP contribution is -2.75. The zero-order chi connectivity index (χ0) is 56.9. The van der Waals surface area contributed by atoms with E-state index in [1.165, 1.54) is 0 Å². The molecule has 0 bridgehead atoms. The summed E-state index contributed by atoms with van der Waals surface area (Å²) in [5, 5.41) is 8.73. The van der Waals surface area contributed by atoms with Crippen molar-refractivity contribution in [1.82, 2.24) is 0 Å². The van der Waals surface area contributed by atoms with E-state index < -0.39 is 205 Å². The summed E-state index contributed by atoms with van der Waals surface area (Å²) in [7, 11) is -2.07. The molecule has 0 radical (unpaired) electrons. The lowest BCUT2D eigenvalue weighted by atomic mass is 9.12. The molecule has 6 rings (SSSR count). The number of hydrogen-bond donors (Lipinski definition) is 0. The van der Waals surface area contributed by atoms with E-state index in [0.717, 1.165) is 10.5 Å². The van der Waals surface area contributed by atoms with E-state index in [4.69, 9.17) is 5.26 Å². The van der Waals surface area contributed by atoms with Crippen LogP contribution in [0.1, 0.15) is 55.6 Å². The molecular weight excluding hydrogens is 1090 g/mol. The van der Waals surface area contributed by atoms with Gasteiger partial charge in [0.1, 0.15) is 28.1 Å². The maximum Gasteiger partial charge on any atom is 0.416 e. The molecule has 1 unspecified atom stereocenters. The monoisotopic (exact) mass is 1120 g/mol. The Hall–Kier alpha value is -6.66. The SMILES string of the molecule is C[S+](=O)(Cc1ccc(C#N)cc1)c1ccccc1.FC(F)(F)c1cc([B-](c2cc(C(F)(F)F)cc(C(F)(F)F)c2)(c2cc(C(F)(F)F)cc(C(F)(F)F)c2)c2cc(C(F)(F)F)cc(C(F)(F)F)c2)cc(C(F)(F)F)c1. The Kier molecular flexibility index (Phi) is 15.9. The van der Waals surface area contributed by atoms with Crippen LogP contribution in [0.3, 0.4) is 0 Å². The zero-order valence-corrected chi connectivity index (χ0v) is 37.6. The summed E-state index contributed by atoms with van der Waals surface area (Å²) in [6.07, 6.45) is -53.0. The van der Waals surface area contributed by atoms with Crippen LogP contribution in [0.25, 0.3) is 0 Å². The minimum atomic E-state index is -6.13. The lowest BCUT2D eigenvalue weighted by molar-refractivity contribution is -0.144. The average Bonchev–Trinajstić information content (AvgIpc) is 3.27. The Morgan fingerprint density at radius 2 is 0.600 bits per heavy atom. The van der Waals surface area contributed by atoms with Crippen LogP contribution in [0.15, 0.2) is 132 Å². The van der Waals surface area contributed by atoms with Crippen LogP contribution in [0.5, 0.6) is 0 Å². The minimum absolute atomic E-state index is 0.503. The molecule has 1 atom stereocenters. The van der Waals surface area contributed by atoms with Crippen molar-refractivity contribution in [3.63, 3.8) is 0 Å². The Bertz CT molecular complexity index is 2680. The van der Waals surface area contributed by atoms with Gasteiger partial charge in [0.15, 0.2) is 4.90 Å². The van der Waals surface area contributed by atoms with Crippen LogP contribution in [-0.2, 0) is 69.3 Å². The Morgan fingerprint density at radius 1 is 0.373 bits per heavy atom. The largest absolute Gasteiger partial charge is 0.416 e. The molecular formula is C47H26BF24NOS. The third-order valence-electron chi connectivity index (χ3n) is 11.2. The highest BCUT2D eigenvalue weighted by Gasteiger charge is 2.47. The maximum absolute atomic E-state index is 14.2. The fraction of sp³-hybridized carbons (Fsp3) is 0.213. The van der Waals surface area contributed by atoms with Crippen LogP contribution in [0.2, 0.25) is 0 Å². The van der Waals surface area contributed by atoms with E-state index in [9.17, 15) is 110 Å². The topological polar surface area (TPSA) is 40.9 Å².